The van der Waals surface area contributed by atoms with Crippen LogP contribution in [-0.4, -0.2) is 36.7 Å². The maximum atomic E-state index is 10.9. The number of benzene rings is 1. The standard InChI is InChI=1S/C15H9N5O3/c21-15(22)13-14(19-20-18-13)23-12-7-4-10(5-8-12)3-6-11-2-1-9-16-17-11/h1-2,4-5,7-9H,(H,21,22)(H,18,19,20). The van der Waals surface area contributed by atoms with Crippen LogP contribution in [0, 0.1) is 11.8 Å². The highest BCUT2D eigenvalue weighted by atomic mass is 16.5. The normalized spacial score (nSPS) is 9.74. The van der Waals surface area contributed by atoms with Crippen molar-refractivity contribution in [2.45, 2.75) is 0 Å². The number of carboxylic acid groups (broad SMARTS) is 1. The largest absolute Gasteiger partial charge is 0.476 e. The average Bonchev–Trinajstić information content (AvgIpc) is 3.04. The highest BCUT2D eigenvalue weighted by Gasteiger charge is 2.16. The van der Waals surface area contributed by atoms with E-state index in [0.717, 1.165) is 5.56 Å². The van der Waals surface area contributed by atoms with E-state index in [1.165, 1.54) is 0 Å². The summed E-state index contributed by atoms with van der Waals surface area (Å²) in [5.41, 5.74) is 1.04. The third-order valence-corrected chi connectivity index (χ3v) is 2.70. The van der Waals surface area contributed by atoms with E-state index in [2.05, 4.69) is 37.4 Å². The number of nitrogens with zero attached hydrogens (tertiary/aromatic N) is 4. The molecule has 2 heterocycles. The Balaban J connectivity index is 1.74. The van der Waals surface area contributed by atoms with Gasteiger partial charge in [-0.1, -0.05) is 11.1 Å². The van der Waals surface area contributed by atoms with Crippen molar-refractivity contribution in [3.05, 3.63) is 59.5 Å². The third kappa shape index (κ3) is 3.48. The van der Waals surface area contributed by atoms with E-state index in [-0.39, 0.29) is 11.6 Å². The molecule has 0 atom stereocenters. The molecule has 0 spiro atoms. The minimum absolute atomic E-state index is 0.0316. The first-order valence-electron chi connectivity index (χ1n) is 6.44. The van der Waals surface area contributed by atoms with Gasteiger partial charge >= 0.3 is 5.97 Å². The van der Waals surface area contributed by atoms with Crippen LogP contribution in [0.5, 0.6) is 11.6 Å². The second kappa shape index (κ2) is 6.36. The van der Waals surface area contributed by atoms with Gasteiger partial charge < -0.3 is 9.84 Å². The molecule has 23 heavy (non-hydrogen) atoms. The first-order chi connectivity index (χ1) is 11.2. The van der Waals surface area contributed by atoms with Crippen LogP contribution in [0.2, 0.25) is 0 Å². The molecular formula is C15H9N5O3. The average molecular weight is 307 g/mol. The van der Waals surface area contributed by atoms with E-state index < -0.39 is 5.97 Å². The van der Waals surface area contributed by atoms with Gasteiger partial charge in [0, 0.05) is 11.8 Å². The number of hydrogen-bond donors (Lipinski definition) is 2. The Morgan fingerprint density at radius 1 is 1.13 bits per heavy atom. The fraction of sp³-hybridized carbons (Fsp3) is 0. The molecule has 0 unspecified atom stereocenters. The van der Waals surface area contributed by atoms with Gasteiger partial charge in [0.1, 0.15) is 11.4 Å². The van der Waals surface area contributed by atoms with Crippen molar-refractivity contribution in [2.75, 3.05) is 0 Å². The molecular weight excluding hydrogens is 298 g/mol. The van der Waals surface area contributed by atoms with E-state index in [1.807, 2.05) is 0 Å². The van der Waals surface area contributed by atoms with Crippen LogP contribution in [0.25, 0.3) is 0 Å². The molecule has 2 aromatic heterocycles. The number of ether oxygens (including phenoxy) is 1. The summed E-state index contributed by atoms with van der Waals surface area (Å²) in [5, 5.41) is 25.7. The number of nitrogens with one attached hydrogen (secondary N) is 1. The van der Waals surface area contributed by atoms with E-state index in [9.17, 15) is 4.79 Å². The van der Waals surface area contributed by atoms with Crippen molar-refractivity contribution in [1.29, 1.82) is 0 Å². The summed E-state index contributed by atoms with van der Waals surface area (Å²) in [4.78, 5) is 10.9. The summed E-state index contributed by atoms with van der Waals surface area (Å²) in [5.74, 6) is 5.00. The molecule has 0 bridgehead atoms. The minimum Gasteiger partial charge on any atom is -0.476 e. The Morgan fingerprint density at radius 2 is 1.96 bits per heavy atom. The van der Waals surface area contributed by atoms with Gasteiger partial charge in [-0.25, -0.2) is 9.89 Å². The molecule has 1 aromatic carbocycles. The number of carbonyl (C=O) groups is 1. The Bertz CT molecular complexity index is 879. The highest BCUT2D eigenvalue weighted by Crippen LogP contribution is 2.21. The lowest BCUT2D eigenvalue weighted by atomic mass is 10.2. The van der Waals surface area contributed by atoms with E-state index in [4.69, 9.17) is 9.84 Å². The maximum Gasteiger partial charge on any atom is 0.362 e. The summed E-state index contributed by atoms with van der Waals surface area (Å²) in [6.07, 6.45) is 1.58. The zero-order valence-corrected chi connectivity index (χ0v) is 11.6. The molecule has 3 aromatic rings. The molecule has 0 saturated carbocycles. The third-order valence-electron chi connectivity index (χ3n) is 2.70. The summed E-state index contributed by atoms with van der Waals surface area (Å²) >= 11 is 0. The van der Waals surface area contributed by atoms with Crippen molar-refractivity contribution in [3.8, 4) is 23.5 Å². The van der Waals surface area contributed by atoms with Gasteiger partial charge in [-0.15, -0.1) is 10.2 Å². The number of aromatic carboxylic acids is 1. The first kappa shape index (κ1) is 14.2. The predicted molar refractivity (Wildman–Crippen MR) is 77.9 cm³/mol. The number of aromatic nitrogens is 5. The number of rotatable bonds is 3. The van der Waals surface area contributed by atoms with Gasteiger partial charge in [0.15, 0.2) is 0 Å². The molecule has 0 radical (unpaired) electrons. The number of H-pyrrole nitrogens is 1. The molecule has 2 N–H and O–H groups in total. The molecule has 8 nitrogen and oxygen atoms in total. The molecule has 0 aliphatic rings. The van der Waals surface area contributed by atoms with Crippen LogP contribution >= 0.6 is 0 Å². The lowest BCUT2D eigenvalue weighted by Crippen LogP contribution is -1.99. The summed E-state index contributed by atoms with van der Waals surface area (Å²) in [6.45, 7) is 0. The topological polar surface area (TPSA) is 114 Å². The van der Waals surface area contributed by atoms with Crippen LogP contribution in [0.1, 0.15) is 21.7 Å². The van der Waals surface area contributed by atoms with Gasteiger partial charge in [-0.05, 0) is 42.3 Å². The first-order valence-corrected chi connectivity index (χ1v) is 6.44. The van der Waals surface area contributed by atoms with Gasteiger partial charge in [0.25, 0.3) is 5.88 Å². The predicted octanol–water partition coefficient (Wildman–Crippen LogP) is 1.48. The molecule has 0 amide bonds. The fourth-order valence-electron chi connectivity index (χ4n) is 1.66. The Morgan fingerprint density at radius 3 is 2.65 bits per heavy atom. The van der Waals surface area contributed by atoms with E-state index in [0.29, 0.717) is 11.4 Å². The number of carboxylic acids is 1. The molecule has 0 aliphatic carbocycles. The van der Waals surface area contributed by atoms with Crippen molar-refractivity contribution >= 4 is 5.97 Å². The number of hydrogen-bond acceptors (Lipinski definition) is 6. The van der Waals surface area contributed by atoms with E-state index >= 15 is 0 Å². The highest BCUT2D eigenvalue weighted by molar-refractivity contribution is 5.87. The van der Waals surface area contributed by atoms with Crippen molar-refractivity contribution in [1.82, 2.24) is 25.6 Å². The number of aromatic amines is 1. The summed E-state index contributed by atoms with van der Waals surface area (Å²) < 4.78 is 5.40. The monoisotopic (exact) mass is 307 g/mol. The molecule has 8 heteroatoms. The van der Waals surface area contributed by atoms with Crippen molar-refractivity contribution in [3.63, 3.8) is 0 Å². The maximum absolute atomic E-state index is 10.9. The smallest absolute Gasteiger partial charge is 0.362 e. The Kier molecular flexibility index (Phi) is 3.93. The van der Waals surface area contributed by atoms with Gasteiger partial charge in [0.2, 0.25) is 5.69 Å². The minimum atomic E-state index is -1.22. The Hall–Kier alpha value is -3.73. The second-order valence-corrected chi connectivity index (χ2v) is 4.28. The lowest BCUT2D eigenvalue weighted by molar-refractivity contribution is 0.0687. The molecule has 112 valence electrons. The van der Waals surface area contributed by atoms with Crippen LogP contribution in [0.15, 0.2) is 42.6 Å². The fourth-order valence-corrected chi connectivity index (χ4v) is 1.66. The van der Waals surface area contributed by atoms with Crippen LogP contribution in [0.3, 0.4) is 0 Å². The molecule has 0 saturated heterocycles. The van der Waals surface area contributed by atoms with Crippen molar-refractivity contribution < 1.29 is 14.6 Å². The van der Waals surface area contributed by atoms with Crippen LogP contribution < -0.4 is 4.74 Å². The lowest BCUT2D eigenvalue weighted by Gasteiger charge is -2.02. The second-order valence-electron chi connectivity index (χ2n) is 4.28. The summed E-state index contributed by atoms with van der Waals surface area (Å²) in [7, 11) is 0. The molecule has 0 aliphatic heterocycles. The van der Waals surface area contributed by atoms with Crippen LogP contribution in [0.4, 0.5) is 0 Å². The quantitative estimate of drug-likeness (QED) is 0.704. The Labute approximate surface area is 130 Å². The van der Waals surface area contributed by atoms with Gasteiger partial charge in [-0.2, -0.15) is 5.10 Å². The zero-order valence-electron chi connectivity index (χ0n) is 11.6. The molecule has 3 rings (SSSR count). The van der Waals surface area contributed by atoms with Gasteiger partial charge in [-0.3, -0.25) is 0 Å². The zero-order chi connectivity index (χ0) is 16.1. The summed E-state index contributed by atoms with van der Waals surface area (Å²) in [6, 6.07) is 10.3. The molecule has 0 fully saturated rings. The van der Waals surface area contributed by atoms with Crippen LogP contribution in [-0.2, 0) is 0 Å². The SMILES string of the molecule is O=C(O)c1nn[nH]c1Oc1ccc(C#Cc2cccnn2)cc1. The van der Waals surface area contributed by atoms with Crippen molar-refractivity contribution in [2.24, 2.45) is 0 Å². The van der Waals surface area contributed by atoms with E-state index in [1.54, 1.807) is 42.6 Å². The van der Waals surface area contributed by atoms with Gasteiger partial charge in [0.05, 0.1) is 0 Å².